The van der Waals surface area contributed by atoms with Crippen LogP contribution < -0.4 is 10.2 Å². The van der Waals surface area contributed by atoms with Crippen molar-refractivity contribution in [2.75, 3.05) is 18.5 Å². The van der Waals surface area contributed by atoms with Crippen LogP contribution in [0.1, 0.15) is 29.6 Å². The van der Waals surface area contributed by atoms with Crippen LogP contribution in [0.15, 0.2) is 29.6 Å². The Labute approximate surface area is 125 Å². The van der Waals surface area contributed by atoms with Gasteiger partial charge in [0, 0.05) is 24.7 Å². The fourth-order valence-corrected chi connectivity index (χ4v) is 2.95. The SMILES string of the molecule is CCCNCc1nc(CN(C)c2ccccc2C)cs1. The van der Waals surface area contributed by atoms with Crippen LogP contribution in [-0.2, 0) is 13.1 Å². The van der Waals surface area contributed by atoms with E-state index in [4.69, 9.17) is 4.98 Å². The Hall–Kier alpha value is -1.39. The summed E-state index contributed by atoms with van der Waals surface area (Å²) in [6, 6.07) is 8.46. The monoisotopic (exact) mass is 289 g/mol. The molecule has 0 amide bonds. The zero-order chi connectivity index (χ0) is 14.4. The molecule has 1 N–H and O–H groups in total. The maximum atomic E-state index is 4.69. The Morgan fingerprint density at radius 1 is 1.30 bits per heavy atom. The number of nitrogens with zero attached hydrogens (tertiary/aromatic N) is 2. The molecule has 0 unspecified atom stereocenters. The number of rotatable bonds is 7. The van der Waals surface area contributed by atoms with E-state index in [0.717, 1.165) is 31.7 Å². The standard InChI is InChI=1S/C16H23N3S/c1-4-9-17-10-16-18-14(12-20-16)11-19(3)15-8-6-5-7-13(15)2/h5-8,12,17H,4,9-11H2,1-3H3. The molecule has 0 saturated carbocycles. The first kappa shape index (κ1) is 15.0. The molecule has 3 nitrogen and oxygen atoms in total. The van der Waals surface area contributed by atoms with Crippen molar-refractivity contribution in [3.05, 3.63) is 45.9 Å². The van der Waals surface area contributed by atoms with E-state index in [0.29, 0.717) is 0 Å². The molecule has 4 heteroatoms. The van der Waals surface area contributed by atoms with Crippen LogP contribution in [0.25, 0.3) is 0 Å². The van der Waals surface area contributed by atoms with Crippen molar-refractivity contribution in [3.8, 4) is 0 Å². The van der Waals surface area contributed by atoms with Gasteiger partial charge in [0.1, 0.15) is 5.01 Å². The van der Waals surface area contributed by atoms with Gasteiger partial charge in [0.15, 0.2) is 0 Å². The molecular weight excluding hydrogens is 266 g/mol. The molecule has 0 fully saturated rings. The molecule has 2 rings (SSSR count). The van der Waals surface area contributed by atoms with E-state index in [1.54, 1.807) is 11.3 Å². The van der Waals surface area contributed by atoms with Gasteiger partial charge in [-0.2, -0.15) is 0 Å². The molecule has 0 atom stereocenters. The minimum atomic E-state index is 0.856. The number of hydrogen-bond donors (Lipinski definition) is 1. The normalized spacial score (nSPS) is 10.8. The van der Waals surface area contributed by atoms with Crippen LogP contribution in [0.3, 0.4) is 0 Å². The summed E-state index contributed by atoms with van der Waals surface area (Å²) >= 11 is 1.74. The summed E-state index contributed by atoms with van der Waals surface area (Å²) in [5.74, 6) is 0. The van der Waals surface area contributed by atoms with E-state index in [2.05, 4.69) is 60.8 Å². The summed E-state index contributed by atoms with van der Waals surface area (Å²) in [5.41, 5.74) is 3.72. The van der Waals surface area contributed by atoms with E-state index in [-0.39, 0.29) is 0 Å². The second-order valence-electron chi connectivity index (χ2n) is 5.05. The predicted octanol–water partition coefficient (Wildman–Crippen LogP) is 3.59. The fraction of sp³-hybridized carbons (Fsp3) is 0.438. The van der Waals surface area contributed by atoms with Gasteiger partial charge in [-0.1, -0.05) is 25.1 Å². The average molecular weight is 289 g/mol. The van der Waals surface area contributed by atoms with Crippen LogP contribution in [-0.4, -0.2) is 18.6 Å². The largest absolute Gasteiger partial charge is 0.368 e. The predicted molar refractivity (Wildman–Crippen MR) is 87.4 cm³/mol. The maximum absolute atomic E-state index is 4.69. The summed E-state index contributed by atoms with van der Waals surface area (Å²) < 4.78 is 0. The molecule has 0 spiro atoms. The summed E-state index contributed by atoms with van der Waals surface area (Å²) in [5, 5.41) is 6.73. The van der Waals surface area contributed by atoms with Crippen LogP contribution in [0.5, 0.6) is 0 Å². The minimum absolute atomic E-state index is 0.856. The molecule has 0 aliphatic rings. The van der Waals surface area contributed by atoms with Gasteiger partial charge < -0.3 is 10.2 Å². The lowest BCUT2D eigenvalue weighted by Crippen LogP contribution is -2.18. The van der Waals surface area contributed by atoms with Gasteiger partial charge in [-0.25, -0.2) is 4.98 Å². The Balaban J connectivity index is 1.95. The van der Waals surface area contributed by atoms with Crippen molar-refractivity contribution in [1.29, 1.82) is 0 Å². The molecule has 0 radical (unpaired) electrons. The van der Waals surface area contributed by atoms with Gasteiger partial charge in [0.25, 0.3) is 0 Å². The van der Waals surface area contributed by atoms with E-state index in [1.807, 2.05) is 0 Å². The highest BCUT2D eigenvalue weighted by molar-refractivity contribution is 7.09. The lowest BCUT2D eigenvalue weighted by molar-refractivity contribution is 0.670. The van der Waals surface area contributed by atoms with Crippen LogP contribution in [0.4, 0.5) is 5.69 Å². The topological polar surface area (TPSA) is 28.2 Å². The van der Waals surface area contributed by atoms with E-state index in [9.17, 15) is 0 Å². The molecular formula is C16H23N3S. The molecule has 0 aliphatic carbocycles. The molecule has 20 heavy (non-hydrogen) atoms. The smallest absolute Gasteiger partial charge is 0.107 e. The second-order valence-corrected chi connectivity index (χ2v) is 5.99. The van der Waals surface area contributed by atoms with E-state index < -0.39 is 0 Å². The third-order valence-corrected chi connectivity index (χ3v) is 4.13. The molecule has 108 valence electrons. The summed E-state index contributed by atoms with van der Waals surface area (Å²) in [7, 11) is 2.12. The Bertz CT molecular complexity index is 536. The highest BCUT2D eigenvalue weighted by atomic mass is 32.1. The number of aryl methyl sites for hydroxylation is 1. The first-order valence-corrected chi connectivity index (χ1v) is 7.99. The second kappa shape index (κ2) is 7.41. The van der Waals surface area contributed by atoms with Crippen molar-refractivity contribution in [1.82, 2.24) is 10.3 Å². The highest BCUT2D eigenvalue weighted by Gasteiger charge is 2.07. The Morgan fingerprint density at radius 2 is 2.10 bits per heavy atom. The Morgan fingerprint density at radius 3 is 2.85 bits per heavy atom. The molecule has 0 saturated heterocycles. The van der Waals surface area contributed by atoms with Crippen LogP contribution in [0, 0.1) is 6.92 Å². The van der Waals surface area contributed by atoms with Gasteiger partial charge in [0.05, 0.1) is 12.2 Å². The average Bonchev–Trinajstić information content (AvgIpc) is 2.87. The zero-order valence-electron chi connectivity index (χ0n) is 12.5. The molecule has 1 heterocycles. The minimum Gasteiger partial charge on any atom is -0.368 e. The lowest BCUT2D eigenvalue weighted by atomic mass is 10.2. The van der Waals surface area contributed by atoms with Crippen molar-refractivity contribution in [2.45, 2.75) is 33.4 Å². The Kier molecular flexibility index (Phi) is 5.56. The van der Waals surface area contributed by atoms with Gasteiger partial charge in [0.2, 0.25) is 0 Å². The van der Waals surface area contributed by atoms with Crippen molar-refractivity contribution < 1.29 is 0 Å². The lowest BCUT2D eigenvalue weighted by Gasteiger charge is -2.20. The maximum Gasteiger partial charge on any atom is 0.107 e. The number of nitrogens with one attached hydrogen (secondary N) is 1. The summed E-state index contributed by atoms with van der Waals surface area (Å²) in [6.45, 7) is 7.12. The number of thiazole rings is 1. The summed E-state index contributed by atoms with van der Waals surface area (Å²) in [6.07, 6.45) is 1.16. The van der Waals surface area contributed by atoms with Gasteiger partial charge in [-0.05, 0) is 31.5 Å². The quantitative estimate of drug-likeness (QED) is 0.790. The number of benzene rings is 1. The number of para-hydroxylation sites is 1. The van der Waals surface area contributed by atoms with Gasteiger partial charge >= 0.3 is 0 Å². The number of aromatic nitrogens is 1. The third kappa shape index (κ3) is 4.05. The molecule has 0 aliphatic heterocycles. The first-order chi connectivity index (χ1) is 9.70. The van der Waals surface area contributed by atoms with Crippen molar-refractivity contribution in [2.24, 2.45) is 0 Å². The van der Waals surface area contributed by atoms with Gasteiger partial charge in [-0.15, -0.1) is 11.3 Å². The summed E-state index contributed by atoms with van der Waals surface area (Å²) in [4.78, 5) is 6.95. The van der Waals surface area contributed by atoms with Crippen molar-refractivity contribution >= 4 is 17.0 Å². The van der Waals surface area contributed by atoms with E-state index in [1.165, 1.54) is 16.3 Å². The fourth-order valence-electron chi connectivity index (χ4n) is 2.19. The van der Waals surface area contributed by atoms with Crippen LogP contribution in [0.2, 0.25) is 0 Å². The van der Waals surface area contributed by atoms with E-state index >= 15 is 0 Å². The number of hydrogen-bond acceptors (Lipinski definition) is 4. The molecule has 2 aromatic rings. The molecule has 0 bridgehead atoms. The van der Waals surface area contributed by atoms with Crippen LogP contribution >= 0.6 is 11.3 Å². The molecule has 1 aromatic heterocycles. The highest BCUT2D eigenvalue weighted by Crippen LogP contribution is 2.20. The molecule has 1 aromatic carbocycles. The number of anilines is 1. The van der Waals surface area contributed by atoms with Gasteiger partial charge in [-0.3, -0.25) is 0 Å². The zero-order valence-corrected chi connectivity index (χ0v) is 13.3. The first-order valence-electron chi connectivity index (χ1n) is 7.11. The van der Waals surface area contributed by atoms with Crippen molar-refractivity contribution in [3.63, 3.8) is 0 Å². The third-order valence-electron chi connectivity index (χ3n) is 3.23.